The Hall–Kier alpha value is -1.44. The number of sulfonamides is 1. The third-order valence-electron chi connectivity index (χ3n) is 4.69. The summed E-state index contributed by atoms with van der Waals surface area (Å²) in [5.74, 6) is 0.513. The lowest BCUT2D eigenvalue weighted by atomic mass is 10.0. The van der Waals surface area contributed by atoms with Crippen molar-refractivity contribution in [2.75, 3.05) is 32.7 Å². The summed E-state index contributed by atoms with van der Waals surface area (Å²) in [5, 5.41) is 6.09. The number of nitrogens with zero attached hydrogens (tertiary/aromatic N) is 1. The Kier molecular flexibility index (Phi) is 5.53. The van der Waals surface area contributed by atoms with E-state index < -0.39 is 10.0 Å². The molecule has 0 spiro atoms. The van der Waals surface area contributed by atoms with Gasteiger partial charge >= 0.3 is 0 Å². The normalized spacial score (nSPS) is 19.7. The second-order valence-electron chi connectivity index (χ2n) is 6.61. The molecule has 3 rings (SSSR count). The van der Waals surface area contributed by atoms with E-state index >= 15 is 0 Å². The predicted octanol–water partition coefficient (Wildman–Crippen LogP) is 0.739. The first-order valence-electron chi connectivity index (χ1n) is 8.62. The van der Waals surface area contributed by atoms with Crippen molar-refractivity contribution in [3.05, 3.63) is 29.8 Å². The molecule has 0 bridgehead atoms. The molecular formula is C17H25N3O3S. The minimum absolute atomic E-state index is 0.0199. The minimum atomic E-state index is -3.40. The van der Waals surface area contributed by atoms with Crippen molar-refractivity contribution in [1.29, 1.82) is 0 Å². The highest BCUT2D eigenvalue weighted by atomic mass is 32.2. The number of carbonyl (C=O) groups excluding carboxylic acids is 1. The number of rotatable bonds is 6. The first-order chi connectivity index (χ1) is 11.6. The Morgan fingerprint density at radius 2 is 1.79 bits per heavy atom. The molecule has 2 saturated heterocycles. The van der Waals surface area contributed by atoms with Gasteiger partial charge in [-0.2, -0.15) is 4.31 Å². The van der Waals surface area contributed by atoms with Gasteiger partial charge in [-0.3, -0.25) is 4.79 Å². The molecule has 2 aliphatic heterocycles. The van der Waals surface area contributed by atoms with E-state index in [1.54, 1.807) is 28.6 Å². The summed E-state index contributed by atoms with van der Waals surface area (Å²) < 4.78 is 26.7. The van der Waals surface area contributed by atoms with E-state index in [2.05, 4.69) is 10.6 Å². The third kappa shape index (κ3) is 4.15. The van der Waals surface area contributed by atoms with Gasteiger partial charge in [-0.1, -0.05) is 18.6 Å². The van der Waals surface area contributed by atoms with Crippen LogP contribution in [0.25, 0.3) is 0 Å². The maximum absolute atomic E-state index is 12.6. The van der Waals surface area contributed by atoms with Crippen LogP contribution < -0.4 is 10.6 Å². The average molecular weight is 351 g/mol. The van der Waals surface area contributed by atoms with E-state index in [4.69, 9.17) is 0 Å². The second kappa shape index (κ2) is 7.63. The minimum Gasteiger partial charge on any atom is -0.355 e. The summed E-state index contributed by atoms with van der Waals surface area (Å²) in [6.45, 7) is 3.82. The molecule has 2 aliphatic rings. The van der Waals surface area contributed by atoms with Crippen LogP contribution in [0.15, 0.2) is 29.2 Å². The molecule has 0 saturated carbocycles. The first kappa shape index (κ1) is 17.4. The van der Waals surface area contributed by atoms with Crippen molar-refractivity contribution in [1.82, 2.24) is 14.9 Å². The van der Waals surface area contributed by atoms with Gasteiger partial charge in [0.05, 0.1) is 11.3 Å². The Balaban J connectivity index is 1.57. The third-order valence-corrected chi connectivity index (χ3v) is 6.61. The van der Waals surface area contributed by atoms with Crippen molar-refractivity contribution < 1.29 is 13.2 Å². The largest absolute Gasteiger partial charge is 0.355 e. The number of piperidine rings is 1. The fourth-order valence-electron chi connectivity index (χ4n) is 3.03. The molecule has 2 fully saturated rings. The average Bonchev–Trinajstić information content (AvgIpc) is 2.55. The number of benzene rings is 1. The smallest absolute Gasteiger partial charge is 0.243 e. The second-order valence-corrected chi connectivity index (χ2v) is 8.55. The first-order valence-corrected chi connectivity index (χ1v) is 10.1. The van der Waals surface area contributed by atoms with E-state index in [0.29, 0.717) is 30.4 Å². The van der Waals surface area contributed by atoms with Gasteiger partial charge in [0.15, 0.2) is 0 Å². The van der Waals surface area contributed by atoms with Crippen molar-refractivity contribution in [3.63, 3.8) is 0 Å². The van der Waals surface area contributed by atoms with E-state index in [0.717, 1.165) is 37.9 Å². The molecule has 1 aromatic carbocycles. The van der Waals surface area contributed by atoms with E-state index in [-0.39, 0.29) is 12.3 Å². The molecule has 2 heterocycles. The summed E-state index contributed by atoms with van der Waals surface area (Å²) in [6, 6.07) is 6.70. The van der Waals surface area contributed by atoms with Crippen LogP contribution in [0.2, 0.25) is 0 Å². The van der Waals surface area contributed by atoms with Gasteiger partial charge in [0.25, 0.3) is 0 Å². The standard InChI is InChI=1S/C17H25N3O3S/c21-17(19-13-15-11-18-12-15)10-14-4-6-16(7-5-14)24(22,23)20-8-2-1-3-9-20/h4-7,15,18H,1-3,8-13H2,(H,19,21). The molecule has 24 heavy (non-hydrogen) atoms. The van der Waals surface area contributed by atoms with Crippen molar-refractivity contribution in [2.45, 2.75) is 30.6 Å². The fraction of sp³-hybridized carbons (Fsp3) is 0.588. The molecule has 1 amide bonds. The zero-order valence-electron chi connectivity index (χ0n) is 13.8. The molecule has 132 valence electrons. The molecule has 0 aliphatic carbocycles. The molecule has 1 aromatic rings. The highest BCUT2D eigenvalue weighted by Crippen LogP contribution is 2.21. The zero-order valence-corrected chi connectivity index (χ0v) is 14.6. The van der Waals surface area contributed by atoms with E-state index in [1.165, 1.54) is 0 Å². The van der Waals surface area contributed by atoms with Crippen LogP contribution in [-0.2, 0) is 21.2 Å². The molecule has 2 N–H and O–H groups in total. The maximum Gasteiger partial charge on any atom is 0.243 e. The number of carbonyl (C=O) groups is 1. The van der Waals surface area contributed by atoms with Gasteiger partial charge in [-0.25, -0.2) is 8.42 Å². The van der Waals surface area contributed by atoms with E-state index in [9.17, 15) is 13.2 Å². The van der Waals surface area contributed by atoms with Gasteiger partial charge < -0.3 is 10.6 Å². The molecule has 0 aromatic heterocycles. The van der Waals surface area contributed by atoms with E-state index in [1.807, 2.05) is 0 Å². The lowest BCUT2D eigenvalue weighted by molar-refractivity contribution is -0.120. The van der Waals surface area contributed by atoms with Crippen molar-refractivity contribution in [2.24, 2.45) is 5.92 Å². The highest BCUT2D eigenvalue weighted by molar-refractivity contribution is 7.89. The van der Waals surface area contributed by atoms with Gasteiger partial charge in [0.1, 0.15) is 0 Å². The van der Waals surface area contributed by atoms with Crippen LogP contribution in [-0.4, -0.2) is 51.4 Å². The quantitative estimate of drug-likeness (QED) is 0.792. The molecule has 6 nitrogen and oxygen atoms in total. The van der Waals surface area contributed by atoms with Crippen LogP contribution in [0.5, 0.6) is 0 Å². The van der Waals surface area contributed by atoms with Gasteiger partial charge in [-0.05, 0) is 30.5 Å². The number of hydrogen-bond acceptors (Lipinski definition) is 4. The molecule has 0 unspecified atom stereocenters. The molecular weight excluding hydrogens is 326 g/mol. The fourth-order valence-corrected chi connectivity index (χ4v) is 4.55. The zero-order chi connectivity index (χ0) is 17.0. The van der Waals surface area contributed by atoms with Gasteiger partial charge in [0.2, 0.25) is 15.9 Å². The SMILES string of the molecule is O=C(Cc1ccc(S(=O)(=O)N2CCCCC2)cc1)NCC1CNC1. The van der Waals surface area contributed by atoms with Crippen LogP contribution in [0.4, 0.5) is 0 Å². The summed E-state index contributed by atoms with van der Waals surface area (Å²) in [4.78, 5) is 12.2. The highest BCUT2D eigenvalue weighted by Gasteiger charge is 2.25. The summed E-state index contributed by atoms with van der Waals surface area (Å²) >= 11 is 0. The topological polar surface area (TPSA) is 78.5 Å². The van der Waals surface area contributed by atoms with Crippen molar-refractivity contribution >= 4 is 15.9 Å². The predicted molar refractivity (Wildman–Crippen MR) is 92.1 cm³/mol. The van der Waals surface area contributed by atoms with Gasteiger partial charge in [0, 0.05) is 38.6 Å². The number of nitrogens with one attached hydrogen (secondary N) is 2. The van der Waals surface area contributed by atoms with Crippen LogP contribution in [0.1, 0.15) is 24.8 Å². The van der Waals surface area contributed by atoms with Crippen LogP contribution in [0.3, 0.4) is 0 Å². The monoisotopic (exact) mass is 351 g/mol. The van der Waals surface area contributed by atoms with Gasteiger partial charge in [-0.15, -0.1) is 0 Å². The lowest BCUT2D eigenvalue weighted by Crippen LogP contribution is -2.48. The molecule has 0 radical (unpaired) electrons. The van der Waals surface area contributed by atoms with Crippen LogP contribution in [0, 0.1) is 5.92 Å². The summed E-state index contributed by atoms with van der Waals surface area (Å²) in [7, 11) is -3.40. The Labute approximate surface area is 143 Å². The van der Waals surface area contributed by atoms with Crippen LogP contribution >= 0.6 is 0 Å². The summed E-state index contributed by atoms with van der Waals surface area (Å²) in [5.41, 5.74) is 0.830. The van der Waals surface area contributed by atoms with Crippen molar-refractivity contribution in [3.8, 4) is 0 Å². The number of amides is 1. The lowest BCUT2D eigenvalue weighted by Gasteiger charge is -2.27. The summed E-state index contributed by atoms with van der Waals surface area (Å²) in [6.07, 6.45) is 3.23. The molecule has 0 atom stereocenters. The Morgan fingerprint density at radius 3 is 2.38 bits per heavy atom. The maximum atomic E-state index is 12.6. The Morgan fingerprint density at radius 1 is 1.12 bits per heavy atom. The Bertz CT molecular complexity index is 663. The number of hydrogen-bond donors (Lipinski definition) is 2. The molecule has 7 heteroatoms.